The first-order valence-corrected chi connectivity index (χ1v) is 5.42. The molecular weight excluding hydrogens is 234 g/mol. The number of fused-ring (bicyclic) bond motifs is 1. The van der Waals surface area contributed by atoms with Crippen LogP contribution in [-0.2, 0) is 0 Å². The second-order valence-electron chi connectivity index (χ2n) is 2.81. The van der Waals surface area contributed by atoms with Crippen molar-refractivity contribution in [2.75, 3.05) is 0 Å². The zero-order chi connectivity index (χ0) is 10.3. The van der Waals surface area contributed by atoms with E-state index < -0.39 is 0 Å². The van der Waals surface area contributed by atoms with Gasteiger partial charge in [0.25, 0.3) is 0 Å². The molecule has 0 aliphatic rings. The van der Waals surface area contributed by atoms with E-state index in [2.05, 4.69) is 20.2 Å². The topological polar surface area (TPSA) is 56.0 Å². The number of rotatable bonds is 1. The van der Waals surface area contributed by atoms with E-state index in [1.54, 1.807) is 22.3 Å². The van der Waals surface area contributed by atoms with Crippen LogP contribution >= 0.6 is 22.9 Å². The maximum Gasteiger partial charge on any atom is 0.198 e. The summed E-state index contributed by atoms with van der Waals surface area (Å²) in [6.07, 6.45) is 3.37. The van der Waals surface area contributed by atoms with Crippen molar-refractivity contribution < 1.29 is 0 Å². The summed E-state index contributed by atoms with van der Waals surface area (Å²) in [5, 5.41) is 10.2. The van der Waals surface area contributed by atoms with Crippen LogP contribution in [0.3, 0.4) is 0 Å². The van der Waals surface area contributed by atoms with Gasteiger partial charge in [0.15, 0.2) is 16.6 Å². The highest BCUT2D eigenvalue weighted by atomic mass is 35.5. The lowest BCUT2D eigenvalue weighted by molar-refractivity contribution is 1.09. The van der Waals surface area contributed by atoms with Gasteiger partial charge in [-0.2, -0.15) is 0 Å². The molecule has 0 fully saturated rings. The van der Waals surface area contributed by atoms with Crippen molar-refractivity contribution in [3.05, 3.63) is 28.4 Å². The van der Waals surface area contributed by atoms with Crippen molar-refractivity contribution in [1.29, 1.82) is 0 Å². The van der Waals surface area contributed by atoms with Crippen molar-refractivity contribution in [3.8, 4) is 11.5 Å². The first-order valence-electron chi connectivity index (χ1n) is 4.10. The molecule has 0 amide bonds. The highest BCUT2D eigenvalue weighted by Gasteiger charge is 2.11. The molecule has 0 atom stereocenters. The Balaban J connectivity index is 2.34. The van der Waals surface area contributed by atoms with Gasteiger partial charge in [-0.3, -0.25) is 4.40 Å². The molecule has 0 saturated carbocycles. The van der Waals surface area contributed by atoms with Crippen LogP contribution < -0.4 is 0 Å². The Labute approximate surface area is 93.4 Å². The molecule has 3 aromatic heterocycles. The van der Waals surface area contributed by atoms with E-state index in [1.807, 2.05) is 5.38 Å². The van der Waals surface area contributed by atoms with E-state index >= 15 is 0 Å². The molecular formula is C8H4ClN5S. The van der Waals surface area contributed by atoms with Gasteiger partial charge >= 0.3 is 0 Å². The maximum absolute atomic E-state index is 5.88. The van der Waals surface area contributed by atoms with Gasteiger partial charge in [0.2, 0.25) is 0 Å². The maximum atomic E-state index is 5.88. The summed E-state index contributed by atoms with van der Waals surface area (Å²) in [6, 6.07) is 0. The van der Waals surface area contributed by atoms with Gasteiger partial charge in [-0.15, -0.1) is 21.5 Å². The van der Waals surface area contributed by atoms with Gasteiger partial charge < -0.3 is 0 Å². The minimum absolute atomic E-state index is 0.339. The summed E-state index contributed by atoms with van der Waals surface area (Å²) < 4.78 is 1.77. The summed E-state index contributed by atoms with van der Waals surface area (Å²) >= 11 is 7.39. The predicted molar refractivity (Wildman–Crippen MR) is 56.9 cm³/mol. The Morgan fingerprint density at radius 1 is 1.27 bits per heavy atom. The Morgan fingerprint density at radius 2 is 2.20 bits per heavy atom. The summed E-state index contributed by atoms with van der Waals surface area (Å²) in [5.74, 6) is 0.676. The van der Waals surface area contributed by atoms with Crippen molar-refractivity contribution in [2.45, 2.75) is 0 Å². The lowest BCUT2D eigenvalue weighted by Crippen LogP contribution is -1.90. The number of hydrogen-bond donors (Lipinski definition) is 0. The molecule has 3 heterocycles. The largest absolute Gasteiger partial charge is 0.277 e. The van der Waals surface area contributed by atoms with Gasteiger partial charge in [-0.25, -0.2) is 9.97 Å². The predicted octanol–water partition coefficient (Wildman–Crippen LogP) is 1.90. The summed E-state index contributed by atoms with van der Waals surface area (Å²) in [7, 11) is 0. The molecule has 0 radical (unpaired) electrons. The normalized spacial score (nSPS) is 11.0. The van der Waals surface area contributed by atoms with Crippen molar-refractivity contribution in [3.63, 3.8) is 0 Å². The molecule has 5 nitrogen and oxygen atoms in total. The van der Waals surface area contributed by atoms with Crippen LogP contribution in [0.4, 0.5) is 0 Å². The lowest BCUT2D eigenvalue weighted by Gasteiger charge is -1.95. The average Bonchev–Trinajstić information content (AvgIpc) is 2.85. The van der Waals surface area contributed by atoms with E-state index in [0.29, 0.717) is 16.6 Å². The van der Waals surface area contributed by atoms with Crippen molar-refractivity contribution in [1.82, 2.24) is 24.6 Å². The second kappa shape index (κ2) is 3.25. The molecule has 0 aliphatic carbocycles. The van der Waals surface area contributed by atoms with Crippen LogP contribution in [0.2, 0.25) is 5.15 Å². The molecule has 15 heavy (non-hydrogen) atoms. The van der Waals surface area contributed by atoms with E-state index in [9.17, 15) is 0 Å². The third-order valence-corrected chi connectivity index (χ3v) is 2.80. The fraction of sp³-hybridized carbons (Fsp3) is 0. The van der Waals surface area contributed by atoms with Gasteiger partial charge in [0.1, 0.15) is 5.69 Å². The summed E-state index contributed by atoms with van der Waals surface area (Å²) in [6.45, 7) is 0. The molecule has 0 bridgehead atoms. The number of nitrogens with zero attached hydrogens (tertiary/aromatic N) is 5. The molecule has 3 aromatic rings. The standard InChI is InChI=1S/C8H4ClN5S/c9-6-8-13-12-7(5-3-15-4-11-5)14(8)2-1-10-6/h1-4H. The third kappa shape index (κ3) is 1.30. The monoisotopic (exact) mass is 237 g/mol. The first-order chi connectivity index (χ1) is 7.36. The molecule has 0 unspecified atom stereocenters. The van der Waals surface area contributed by atoms with Gasteiger partial charge in [0, 0.05) is 17.8 Å². The van der Waals surface area contributed by atoms with Crippen molar-refractivity contribution in [2.24, 2.45) is 0 Å². The SMILES string of the molecule is Clc1nccn2c(-c3cscn3)nnc12. The molecule has 0 saturated heterocycles. The van der Waals surface area contributed by atoms with Crippen LogP contribution in [0, 0.1) is 0 Å². The fourth-order valence-electron chi connectivity index (χ4n) is 1.29. The lowest BCUT2D eigenvalue weighted by atomic mass is 10.4. The molecule has 0 aromatic carbocycles. The Kier molecular flexibility index (Phi) is 1.90. The Hall–Kier alpha value is -1.53. The average molecular weight is 238 g/mol. The highest BCUT2D eigenvalue weighted by molar-refractivity contribution is 7.07. The molecule has 7 heteroatoms. The molecule has 74 valence electrons. The zero-order valence-corrected chi connectivity index (χ0v) is 8.90. The summed E-state index contributed by atoms with van der Waals surface area (Å²) in [5.41, 5.74) is 3.08. The van der Waals surface area contributed by atoms with Gasteiger partial charge in [-0.05, 0) is 0 Å². The van der Waals surface area contributed by atoms with Crippen molar-refractivity contribution >= 4 is 28.6 Å². The first kappa shape index (κ1) is 8.75. The number of halogens is 1. The van der Waals surface area contributed by atoms with Crippen LogP contribution in [0.15, 0.2) is 23.3 Å². The minimum Gasteiger partial charge on any atom is -0.277 e. The molecule has 0 spiro atoms. The van der Waals surface area contributed by atoms with Gasteiger partial charge in [-0.1, -0.05) is 11.6 Å². The quantitative estimate of drug-likeness (QED) is 0.649. The molecule has 0 aliphatic heterocycles. The smallest absolute Gasteiger partial charge is 0.198 e. The van der Waals surface area contributed by atoms with E-state index in [1.165, 1.54) is 11.3 Å². The van der Waals surface area contributed by atoms with E-state index in [0.717, 1.165) is 5.69 Å². The fourth-order valence-corrected chi connectivity index (χ4v) is 2.01. The van der Waals surface area contributed by atoms with Crippen LogP contribution in [0.1, 0.15) is 0 Å². The molecule has 3 rings (SSSR count). The number of thiazole rings is 1. The van der Waals surface area contributed by atoms with Gasteiger partial charge in [0.05, 0.1) is 5.51 Å². The van der Waals surface area contributed by atoms with Crippen LogP contribution in [0.5, 0.6) is 0 Å². The second-order valence-corrected chi connectivity index (χ2v) is 3.89. The van der Waals surface area contributed by atoms with Crippen LogP contribution in [0.25, 0.3) is 17.2 Å². The minimum atomic E-state index is 0.339. The summed E-state index contributed by atoms with van der Waals surface area (Å²) in [4.78, 5) is 8.10. The van der Waals surface area contributed by atoms with Crippen LogP contribution in [-0.4, -0.2) is 24.6 Å². The highest BCUT2D eigenvalue weighted by Crippen LogP contribution is 2.20. The Morgan fingerprint density at radius 3 is 3.00 bits per heavy atom. The zero-order valence-electron chi connectivity index (χ0n) is 7.33. The molecule has 0 N–H and O–H groups in total. The van der Waals surface area contributed by atoms with E-state index in [4.69, 9.17) is 11.6 Å². The number of aromatic nitrogens is 5. The Bertz CT molecular complexity index is 603. The third-order valence-electron chi connectivity index (χ3n) is 1.95. The van der Waals surface area contributed by atoms with E-state index in [-0.39, 0.29) is 0 Å². The number of hydrogen-bond acceptors (Lipinski definition) is 5.